The van der Waals surface area contributed by atoms with E-state index in [0.717, 1.165) is 31.8 Å². The van der Waals surface area contributed by atoms with Gasteiger partial charge in [-0.3, -0.25) is 4.79 Å². The number of ether oxygens (including phenoxy) is 1. The largest absolute Gasteiger partial charge is 0.378 e. The highest BCUT2D eigenvalue weighted by molar-refractivity contribution is 5.79. The van der Waals surface area contributed by atoms with Crippen LogP contribution in [0.3, 0.4) is 0 Å². The summed E-state index contributed by atoms with van der Waals surface area (Å²) in [6, 6.07) is 0. The summed E-state index contributed by atoms with van der Waals surface area (Å²) in [7, 11) is 0. The van der Waals surface area contributed by atoms with Crippen LogP contribution in [0, 0.1) is 11.8 Å². The van der Waals surface area contributed by atoms with Gasteiger partial charge in [0.05, 0.1) is 6.10 Å². The lowest BCUT2D eigenvalue weighted by Gasteiger charge is -2.38. The highest BCUT2D eigenvalue weighted by Gasteiger charge is 2.35. The molecule has 0 aromatic heterocycles. The summed E-state index contributed by atoms with van der Waals surface area (Å²) in [6.07, 6.45) is 12.1. The van der Waals surface area contributed by atoms with E-state index in [4.69, 9.17) is 4.74 Å². The first-order valence-corrected chi connectivity index (χ1v) is 7.93. The van der Waals surface area contributed by atoms with E-state index >= 15 is 0 Å². The average molecular weight is 252 g/mol. The summed E-state index contributed by atoms with van der Waals surface area (Å²) in [5.41, 5.74) is 0. The Hall–Kier alpha value is -0.370. The lowest BCUT2D eigenvalue weighted by atomic mass is 9.70. The monoisotopic (exact) mass is 252 g/mol. The minimum Gasteiger partial charge on any atom is -0.378 e. The van der Waals surface area contributed by atoms with Gasteiger partial charge in [0.1, 0.15) is 5.78 Å². The molecule has 0 N–H and O–H groups in total. The maximum absolute atomic E-state index is 11.4. The summed E-state index contributed by atoms with van der Waals surface area (Å²) in [6.45, 7) is 3.19. The lowest BCUT2D eigenvalue weighted by Crippen LogP contribution is -2.34. The molecule has 3 atom stereocenters. The molecule has 0 aromatic carbocycles. The third kappa shape index (κ3) is 4.08. The minimum atomic E-state index is 0.487. The van der Waals surface area contributed by atoms with Gasteiger partial charge in [-0.25, -0.2) is 0 Å². The first kappa shape index (κ1) is 14.0. The lowest BCUT2D eigenvalue weighted by molar-refractivity contribution is -0.124. The molecule has 2 rings (SSSR count). The van der Waals surface area contributed by atoms with E-state index in [1.165, 1.54) is 44.9 Å². The highest BCUT2D eigenvalue weighted by atomic mass is 16.5. The molecule has 0 aromatic rings. The standard InChI is InChI=1S/C16H28O2/c1-2-3-4-5-10-18-16-9-7-13-11-15(17)8-6-14(13)12-16/h13-14,16H,2-12H2,1H3. The van der Waals surface area contributed by atoms with Gasteiger partial charge < -0.3 is 4.74 Å². The molecule has 0 saturated heterocycles. The Kier molecular flexibility index (Phi) is 5.68. The summed E-state index contributed by atoms with van der Waals surface area (Å²) < 4.78 is 6.02. The molecular formula is C16H28O2. The van der Waals surface area contributed by atoms with Gasteiger partial charge in [0, 0.05) is 19.4 Å². The number of carbonyl (C=O) groups excluding carboxylic acids is 1. The van der Waals surface area contributed by atoms with Crippen molar-refractivity contribution in [3.05, 3.63) is 0 Å². The van der Waals surface area contributed by atoms with Crippen molar-refractivity contribution in [1.29, 1.82) is 0 Å². The summed E-state index contributed by atoms with van der Waals surface area (Å²) in [4.78, 5) is 11.4. The van der Waals surface area contributed by atoms with Crippen LogP contribution in [0.4, 0.5) is 0 Å². The highest BCUT2D eigenvalue weighted by Crippen LogP contribution is 2.40. The van der Waals surface area contributed by atoms with Crippen molar-refractivity contribution in [2.75, 3.05) is 6.61 Å². The predicted molar refractivity (Wildman–Crippen MR) is 73.6 cm³/mol. The number of Topliss-reactive ketones (excluding diaryl/α,β-unsaturated/α-hetero) is 1. The third-order valence-corrected chi connectivity index (χ3v) is 4.73. The predicted octanol–water partition coefficient (Wildman–Crippen LogP) is 4.12. The molecule has 2 saturated carbocycles. The first-order chi connectivity index (χ1) is 8.79. The second-order valence-electron chi connectivity index (χ2n) is 6.17. The fourth-order valence-electron chi connectivity index (χ4n) is 3.58. The van der Waals surface area contributed by atoms with Crippen LogP contribution in [0.1, 0.15) is 71.1 Å². The zero-order chi connectivity index (χ0) is 12.8. The molecule has 2 nitrogen and oxygen atoms in total. The molecule has 0 radical (unpaired) electrons. The number of hydrogen-bond donors (Lipinski definition) is 0. The molecule has 3 unspecified atom stereocenters. The molecule has 0 amide bonds. The molecule has 2 fully saturated rings. The molecule has 18 heavy (non-hydrogen) atoms. The van der Waals surface area contributed by atoms with Gasteiger partial charge in [-0.05, 0) is 43.9 Å². The van der Waals surface area contributed by atoms with E-state index in [1.54, 1.807) is 0 Å². The Bertz CT molecular complexity index is 262. The third-order valence-electron chi connectivity index (χ3n) is 4.73. The fourth-order valence-corrected chi connectivity index (χ4v) is 3.58. The molecule has 0 spiro atoms. The molecule has 2 aliphatic rings. The number of ketones is 1. The smallest absolute Gasteiger partial charge is 0.133 e. The van der Waals surface area contributed by atoms with E-state index in [1.807, 2.05) is 0 Å². The van der Waals surface area contributed by atoms with Gasteiger partial charge in [-0.15, -0.1) is 0 Å². The maximum Gasteiger partial charge on any atom is 0.133 e. The van der Waals surface area contributed by atoms with E-state index < -0.39 is 0 Å². The number of carbonyl (C=O) groups is 1. The second-order valence-corrected chi connectivity index (χ2v) is 6.17. The van der Waals surface area contributed by atoms with Gasteiger partial charge in [0.25, 0.3) is 0 Å². The van der Waals surface area contributed by atoms with Gasteiger partial charge >= 0.3 is 0 Å². The van der Waals surface area contributed by atoms with Gasteiger partial charge in [0.15, 0.2) is 0 Å². The summed E-state index contributed by atoms with van der Waals surface area (Å²) in [5.74, 6) is 1.96. The van der Waals surface area contributed by atoms with Gasteiger partial charge in [0.2, 0.25) is 0 Å². The van der Waals surface area contributed by atoms with E-state index in [-0.39, 0.29) is 0 Å². The first-order valence-electron chi connectivity index (χ1n) is 7.93. The molecule has 2 aliphatic carbocycles. The quantitative estimate of drug-likeness (QED) is 0.665. The summed E-state index contributed by atoms with van der Waals surface area (Å²) in [5, 5.41) is 0. The van der Waals surface area contributed by atoms with Crippen molar-refractivity contribution in [2.24, 2.45) is 11.8 Å². The molecule has 0 heterocycles. The zero-order valence-corrected chi connectivity index (χ0v) is 11.8. The van der Waals surface area contributed by atoms with E-state index in [0.29, 0.717) is 17.8 Å². The van der Waals surface area contributed by atoms with Crippen molar-refractivity contribution < 1.29 is 9.53 Å². The van der Waals surface area contributed by atoms with Crippen LogP contribution in [0.25, 0.3) is 0 Å². The Labute approximate surface area is 111 Å². The molecule has 2 heteroatoms. The zero-order valence-electron chi connectivity index (χ0n) is 11.8. The minimum absolute atomic E-state index is 0.487. The van der Waals surface area contributed by atoms with Crippen LogP contribution in [0.2, 0.25) is 0 Å². The maximum atomic E-state index is 11.4. The Morgan fingerprint density at radius 1 is 1.11 bits per heavy atom. The van der Waals surface area contributed by atoms with Crippen LogP contribution in [0.5, 0.6) is 0 Å². The van der Waals surface area contributed by atoms with Crippen molar-refractivity contribution in [1.82, 2.24) is 0 Å². The van der Waals surface area contributed by atoms with Gasteiger partial charge in [-0.1, -0.05) is 26.2 Å². The molecular weight excluding hydrogens is 224 g/mol. The van der Waals surface area contributed by atoms with Crippen LogP contribution in [0.15, 0.2) is 0 Å². The molecule has 0 bridgehead atoms. The molecule has 104 valence electrons. The van der Waals surface area contributed by atoms with Crippen molar-refractivity contribution in [3.8, 4) is 0 Å². The fraction of sp³-hybridized carbons (Fsp3) is 0.938. The van der Waals surface area contributed by atoms with Crippen LogP contribution >= 0.6 is 0 Å². The van der Waals surface area contributed by atoms with Crippen molar-refractivity contribution >= 4 is 5.78 Å². The normalized spacial score (nSPS) is 32.3. The number of unbranched alkanes of at least 4 members (excludes halogenated alkanes) is 3. The molecule has 0 aliphatic heterocycles. The van der Waals surface area contributed by atoms with E-state index in [9.17, 15) is 4.79 Å². The number of rotatable bonds is 6. The van der Waals surface area contributed by atoms with E-state index in [2.05, 4.69) is 6.92 Å². The summed E-state index contributed by atoms with van der Waals surface area (Å²) >= 11 is 0. The SMILES string of the molecule is CCCCCCOC1CCC2CC(=O)CCC2C1. The number of fused-ring (bicyclic) bond motifs is 1. The van der Waals surface area contributed by atoms with Crippen molar-refractivity contribution in [3.63, 3.8) is 0 Å². The Morgan fingerprint density at radius 3 is 2.83 bits per heavy atom. The van der Waals surface area contributed by atoms with Crippen molar-refractivity contribution in [2.45, 2.75) is 77.2 Å². The van der Waals surface area contributed by atoms with Gasteiger partial charge in [-0.2, -0.15) is 0 Å². The Morgan fingerprint density at radius 2 is 2.00 bits per heavy atom. The van der Waals surface area contributed by atoms with Crippen LogP contribution in [-0.4, -0.2) is 18.5 Å². The topological polar surface area (TPSA) is 26.3 Å². The number of hydrogen-bond acceptors (Lipinski definition) is 2. The van der Waals surface area contributed by atoms with Crippen LogP contribution < -0.4 is 0 Å². The Balaban J connectivity index is 1.63. The van der Waals surface area contributed by atoms with Crippen LogP contribution in [-0.2, 0) is 9.53 Å². The average Bonchev–Trinajstić information content (AvgIpc) is 2.38. The second kappa shape index (κ2) is 7.28.